The Morgan fingerprint density at radius 1 is 1.14 bits per heavy atom. The quantitative estimate of drug-likeness (QED) is 0.267. The number of carbonyl (C=O) groups is 4. The lowest BCUT2D eigenvalue weighted by molar-refractivity contribution is -0.131. The van der Waals surface area contributed by atoms with Gasteiger partial charge in [0.1, 0.15) is 5.57 Å². The standard InChI is InChI=1S/C26H26IN3O6/c1-2-35-21-14-16(12-19-24(32)29-26(34)30(25(19)33)18-10-6-7-11-18)13-20(27)23(21)36-15-22(31)28-17-8-4-3-5-9-17/h3-5,8-9,12-14,18H,2,6-7,10-11,15H2,1H3,(H,28,31)(H,29,32,34)/b19-12+. The van der Waals surface area contributed by atoms with Crippen LogP contribution in [0.1, 0.15) is 38.2 Å². The van der Waals surface area contributed by atoms with E-state index >= 15 is 0 Å². The number of amides is 5. The van der Waals surface area contributed by atoms with Crippen molar-refractivity contribution in [2.45, 2.75) is 38.6 Å². The summed E-state index contributed by atoms with van der Waals surface area (Å²) < 4.78 is 12.1. The summed E-state index contributed by atoms with van der Waals surface area (Å²) >= 11 is 2.05. The van der Waals surface area contributed by atoms with Crippen molar-refractivity contribution < 1.29 is 28.7 Å². The van der Waals surface area contributed by atoms with Crippen molar-refractivity contribution in [2.75, 3.05) is 18.5 Å². The number of ether oxygens (including phenoxy) is 2. The highest BCUT2D eigenvalue weighted by atomic mass is 127. The number of imide groups is 2. The number of halogens is 1. The zero-order valence-corrected chi connectivity index (χ0v) is 21.9. The van der Waals surface area contributed by atoms with Gasteiger partial charge in [0.25, 0.3) is 17.7 Å². The van der Waals surface area contributed by atoms with E-state index in [9.17, 15) is 19.2 Å². The maximum Gasteiger partial charge on any atom is 0.331 e. The minimum atomic E-state index is -0.731. The Bertz CT molecular complexity index is 1210. The van der Waals surface area contributed by atoms with Crippen LogP contribution in [-0.4, -0.2) is 47.9 Å². The molecule has 4 rings (SSSR count). The summed E-state index contributed by atoms with van der Waals surface area (Å²) in [6.45, 7) is 1.92. The lowest BCUT2D eigenvalue weighted by Gasteiger charge is -2.31. The molecule has 0 spiro atoms. The van der Waals surface area contributed by atoms with Gasteiger partial charge in [-0.15, -0.1) is 0 Å². The molecule has 1 aliphatic heterocycles. The predicted molar refractivity (Wildman–Crippen MR) is 142 cm³/mol. The van der Waals surface area contributed by atoms with Gasteiger partial charge in [0.2, 0.25) is 0 Å². The van der Waals surface area contributed by atoms with Crippen molar-refractivity contribution >= 4 is 58.1 Å². The first-order chi connectivity index (χ1) is 17.4. The number of hydrogen-bond acceptors (Lipinski definition) is 6. The molecule has 2 aromatic carbocycles. The molecule has 2 fully saturated rings. The molecule has 0 atom stereocenters. The fourth-order valence-electron chi connectivity index (χ4n) is 4.26. The highest BCUT2D eigenvalue weighted by Crippen LogP contribution is 2.35. The van der Waals surface area contributed by atoms with Crippen molar-refractivity contribution in [1.29, 1.82) is 0 Å². The maximum absolute atomic E-state index is 13.1. The molecule has 5 amide bonds. The maximum atomic E-state index is 13.1. The topological polar surface area (TPSA) is 114 Å². The average molecular weight is 603 g/mol. The van der Waals surface area contributed by atoms with Crippen molar-refractivity contribution in [3.05, 3.63) is 57.2 Å². The molecule has 1 saturated heterocycles. The number of anilines is 1. The van der Waals surface area contributed by atoms with Crippen LogP contribution in [0.2, 0.25) is 0 Å². The van der Waals surface area contributed by atoms with Crippen LogP contribution in [0.4, 0.5) is 10.5 Å². The largest absolute Gasteiger partial charge is 0.490 e. The monoisotopic (exact) mass is 603 g/mol. The summed E-state index contributed by atoms with van der Waals surface area (Å²) in [6, 6.07) is 11.5. The van der Waals surface area contributed by atoms with Gasteiger partial charge >= 0.3 is 6.03 Å². The van der Waals surface area contributed by atoms with Gasteiger partial charge in [-0.3, -0.25) is 24.6 Å². The van der Waals surface area contributed by atoms with E-state index in [4.69, 9.17) is 9.47 Å². The number of urea groups is 1. The normalized spacial score (nSPS) is 17.3. The predicted octanol–water partition coefficient (Wildman–Crippen LogP) is 4.11. The van der Waals surface area contributed by atoms with Gasteiger partial charge in [0.15, 0.2) is 18.1 Å². The first-order valence-electron chi connectivity index (χ1n) is 11.7. The third-order valence-electron chi connectivity index (χ3n) is 5.87. The lowest BCUT2D eigenvalue weighted by atomic mass is 10.0. The molecular weight excluding hydrogens is 577 g/mol. The molecule has 2 aliphatic rings. The van der Waals surface area contributed by atoms with E-state index < -0.39 is 17.8 Å². The third-order valence-corrected chi connectivity index (χ3v) is 6.67. The lowest BCUT2D eigenvalue weighted by Crippen LogP contribution is -2.57. The molecule has 1 saturated carbocycles. The third kappa shape index (κ3) is 5.86. The molecule has 10 heteroatoms. The summed E-state index contributed by atoms with van der Waals surface area (Å²) in [6.07, 6.45) is 4.79. The molecule has 0 radical (unpaired) electrons. The second-order valence-electron chi connectivity index (χ2n) is 8.40. The van der Waals surface area contributed by atoms with Crippen LogP contribution in [-0.2, 0) is 14.4 Å². The smallest absolute Gasteiger partial charge is 0.331 e. The molecule has 1 heterocycles. The highest BCUT2D eigenvalue weighted by Gasteiger charge is 2.40. The fourth-order valence-corrected chi connectivity index (χ4v) is 5.04. The van der Waals surface area contributed by atoms with Crippen LogP contribution in [0.25, 0.3) is 6.08 Å². The second kappa shape index (κ2) is 11.5. The minimum absolute atomic E-state index is 0.115. The number of benzene rings is 2. The Kier molecular flexibility index (Phi) is 8.24. The minimum Gasteiger partial charge on any atom is -0.490 e. The van der Waals surface area contributed by atoms with Gasteiger partial charge in [-0.2, -0.15) is 0 Å². The number of nitrogens with zero attached hydrogens (tertiary/aromatic N) is 1. The van der Waals surface area contributed by atoms with Crippen molar-refractivity contribution in [3.63, 3.8) is 0 Å². The summed E-state index contributed by atoms with van der Waals surface area (Å²) in [5.74, 6) is -0.903. The van der Waals surface area contributed by atoms with Gasteiger partial charge in [-0.05, 0) is 78.3 Å². The van der Waals surface area contributed by atoms with Crippen LogP contribution in [0.5, 0.6) is 11.5 Å². The van der Waals surface area contributed by atoms with Crippen LogP contribution < -0.4 is 20.1 Å². The number of rotatable bonds is 8. The molecule has 2 aromatic rings. The molecule has 0 aromatic heterocycles. The number of hydrogen-bond donors (Lipinski definition) is 2. The zero-order valence-electron chi connectivity index (χ0n) is 19.7. The van der Waals surface area contributed by atoms with Gasteiger partial charge < -0.3 is 14.8 Å². The number of para-hydroxylation sites is 1. The molecule has 1 aliphatic carbocycles. The first-order valence-corrected chi connectivity index (χ1v) is 12.8. The highest BCUT2D eigenvalue weighted by molar-refractivity contribution is 14.1. The van der Waals surface area contributed by atoms with E-state index in [-0.39, 0.29) is 24.1 Å². The Labute approximate surface area is 222 Å². The molecule has 9 nitrogen and oxygen atoms in total. The van der Waals surface area contributed by atoms with Gasteiger partial charge in [-0.25, -0.2) is 4.79 Å². The van der Waals surface area contributed by atoms with Crippen LogP contribution in [0.15, 0.2) is 48.0 Å². The van der Waals surface area contributed by atoms with E-state index in [1.165, 1.54) is 6.08 Å². The molecule has 188 valence electrons. The van der Waals surface area contributed by atoms with Crippen LogP contribution in [0.3, 0.4) is 0 Å². The van der Waals surface area contributed by atoms with E-state index in [0.29, 0.717) is 32.9 Å². The Balaban J connectivity index is 1.55. The Morgan fingerprint density at radius 2 is 1.86 bits per heavy atom. The van der Waals surface area contributed by atoms with Gasteiger partial charge in [0, 0.05) is 11.7 Å². The van der Waals surface area contributed by atoms with Crippen LogP contribution >= 0.6 is 22.6 Å². The Hall–Kier alpha value is -3.41. The summed E-state index contributed by atoms with van der Waals surface area (Å²) in [4.78, 5) is 51.5. The summed E-state index contributed by atoms with van der Waals surface area (Å²) in [7, 11) is 0. The number of nitrogens with one attached hydrogen (secondary N) is 2. The fraction of sp³-hybridized carbons (Fsp3) is 0.308. The zero-order chi connectivity index (χ0) is 25.7. The van der Waals surface area contributed by atoms with E-state index in [0.717, 1.165) is 30.6 Å². The second-order valence-corrected chi connectivity index (χ2v) is 9.56. The van der Waals surface area contributed by atoms with Crippen molar-refractivity contribution in [1.82, 2.24) is 10.2 Å². The molecule has 2 N–H and O–H groups in total. The van der Waals surface area contributed by atoms with E-state index in [2.05, 4.69) is 10.6 Å². The first kappa shape index (κ1) is 25.7. The SMILES string of the molecule is CCOc1cc(/C=C2\C(=O)NC(=O)N(C3CCCC3)C2=O)cc(I)c1OCC(=O)Nc1ccccc1. The van der Waals surface area contributed by atoms with Gasteiger partial charge in [-0.1, -0.05) is 31.0 Å². The van der Waals surface area contributed by atoms with Crippen molar-refractivity contribution in [3.8, 4) is 11.5 Å². The molecule has 0 bridgehead atoms. The molecular formula is C26H26IN3O6. The van der Waals surface area contributed by atoms with E-state index in [1.54, 1.807) is 24.3 Å². The molecule has 36 heavy (non-hydrogen) atoms. The summed E-state index contributed by atoms with van der Waals surface area (Å²) in [5, 5.41) is 5.04. The Morgan fingerprint density at radius 3 is 2.56 bits per heavy atom. The summed E-state index contributed by atoms with van der Waals surface area (Å²) in [5.41, 5.74) is 1.08. The molecule has 0 unspecified atom stereocenters. The average Bonchev–Trinajstić information content (AvgIpc) is 3.36. The van der Waals surface area contributed by atoms with E-state index in [1.807, 2.05) is 47.7 Å². The van der Waals surface area contributed by atoms with Crippen molar-refractivity contribution in [2.24, 2.45) is 0 Å². The number of barbiturate groups is 1. The number of carbonyl (C=O) groups excluding carboxylic acids is 4. The van der Waals surface area contributed by atoms with Gasteiger partial charge in [0.05, 0.1) is 10.2 Å². The van der Waals surface area contributed by atoms with Crippen LogP contribution in [0, 0.1) is 3.57 Å².